The molecule has 2 bridgehead atoms. The Kier molecular flexibility index (Phi) is 11.8. The molecule has 0 spiro atoms. The molecule has 2 saturated heterocycles. The molecule has 2 fully saturated rings. The SMILES string of the molecule is CCSc1nc2c3c(nc(-c4cc(OCOC)cc5ccc(F)c(C#C[Si](C(C)C)(C(C)C)C(C)C)c45)c(F)c3n1)CC[C@@H]1[C@@H]3CC[C@H](CN21)N3C(=O)OC(C)(C)C. The minimum atomic E-state index is -2.29. The monoisotopic (exact) mass is 829 g/mol. The summed E-state index contributed by atoms with van der Waals surface area (Å²) in [5, 5.41) is 2.17. The van der Waals surface area contributed by atoms with Crippen LogP contribution in [-0.2, 0) is 15.9 Å². The lowest BCUT2D eigenvalue weighted by molar-refractivity contribution is 0.00721. The first-order chi connectivity index (χ1) is 27.5. The molecule has 1 amide bonds. The van der Waals surface area contributed by atoms with Gasteiger partial charge in [-0.3, -0.25) is 4.90 Å². The number of carbonyl (C=O) groups is 1. The highest BCUT2D eigenvalue weighted by Gasteiger charge is 2.51. The molecular weight excluding hydrogens is 773 g/mol. The lowest BCUT2D eigenvalue weighted by Crippen LogP contribution is -2.62. The molecule has 0 aliphatic carbocycles. The molecule has 0 saturated carbocycles. The number of rotatable bonds is 9. The highest BCUT2D eigenvalue weighted by atomic mass is 32.2. The van der Waals surface area contributed by atoms with Gasteiger partial charge in [-0.05, 0) is 92.4 Å². The second-order valence-electron chi connectivity index (χ2n) is 17.8. The Hall–Kier alpha value is -3.99. The number of fused-ring (bicyclic) bond motifs is 6. The van der Waals surface area contributed by atoms with Gasteiger partial charge in [-0.1, -0.05) is 72.2 Å². The van der Waals surface area contributed by atoms with Crippen molar-refractivity contribution in [3.8, 4) is 28.5 Å². The molecule has 0 unspecified atom stereocenters. The smallest absolute Gasteiger partial charge is 0.410 e. The number of methoxy groups -OCH3 is 1. The average molecular weight is 830 g/mol. The van der Waals surface area contributed by atoms with E-state index in [1.54, 1.807) is 12.1 Å². The predicted molar refractivity (Wildman–Crippen MR) is 231 cm³/mol. The molecule has 4 aromatic rings. The molecule has 5 heterocycles. The van der Waals surface area contributed by atoms with E-state index < -0.39 is 25.3 Å². The Balaban J connectivity index is 1.46. The molecule has 2 aromatic carbocycles. The van der Waals surface area contributed by atoms with E-state index in [1.807, 2.05) is 38.7 Å². The van der Waals surface area contributed by atoms with E-state index in [9.17, 15) is 4.79 Å². The summed E-state index contributed by atoms with van der Waals surface area (Å²) in [6.45, 7) is 21.5. The van der Waals surface area contributed by atoms with Crippen molar-refractivity contribution in [2.24, 2.45) is 0 Å². The van der Waals surface area contributed by atoms with Crippen LogP contribution < -0.4 is 9.64 Å². The van der Waals surface area contributed by atoms with Gasteiger partial charge in [-0.25, -0.2) is 28.5 Å². The van der Waals surface area contributed by atoms with Crippen molar-refractivity contribution >= 4 is 53.4 Å². The third-order valence-corrected chi connectivity index (χ3v) is 19.4. The van der Waals surface area contributed by atoms with E-state index in [-0.39, 0.29) is 47.8 Å². The molecular formula is C45H57F2N5O4SSi. The molecule has 13 heteroatoms. The van der Waals surface area contributed by atoms with Crippen LogP contribution in [0.15, 0.2) is 29.4 Å². The topological polar surface area (TPSA) is 89.9 Å². The number of ether oxygens (including phenoxy) is 3. The number of anilines is 1. The molecule has 9 nitrogen and oxygen atoms in total. The van der Waals surface area contributed by atoms with E-state index >= 15 is 8.78 Å². The van der Waals surface area contributed by atoms with Crippen LogP contribution in [0.2, 0.25) is 16.6 Å². The molecule has 0 radical (unpaired) electrons. The number of hydrogen-bond acceptors (Lipinski definition) is 9. The van der Waals surface area contributed by atoms with Gasteiger partial charge < -0.3 is 19.1 Å². The van der Waals surface area contributed by atoms with Crippen molar-refractivity contribution < 1.29 is 27.8 Å². The zero-order valence-electron chi connectivity index (χ0n) is 35.8. The largest absolute Gasteiger partial charge is 0.468 e. The van der Waals surface area contributed by atoms with Crippen molar-refractivity contribution in [1.82, 2.24) is 19.9 Å². The lowest BCUT2D eigenvalue weighted by atomic mass is 9.95. The predicted octanol–water partition coefficient (Wildman–Crippen LogP) is 10.7. The number of nitrogens with zero attached hydrogens (tertiary/aromatic N) is 5. The molecule has 3 aliphatic heterocycles. The summed E-state index contributed by atoms with van der Waals surface area (Å²) >= 11 is 1.45. The van der Waals surface area contributed by atoms with Crippen molar-refractivity contribution in [1.29, 1.82) is 0 Å². The van der Waals surface area contributed by atoms with E-state index in [4.69, 9.17) is 29.2 Å². The third-order valence-electron chi connectivity index (χ3n) is 12.4. The molecule has 58 heavy (non-hydrogen) atoms. The van der Waals surface area contributed by atoms with Gasteiger partial charge in [0, 0.05) is 24.6 Å². The Morgan fingerprint density at radius 2 is 1.71 bits per heavy atom. The summed E-state index contributed by atoms with van der Waals surface area (Å²) in [6.07, 6.45) is 2.54. The number of carbonyl (C=O) groups excluding carboxylic acids is 1. The van der Waals surface area contributed by atoms with Crippen molar-refractivity contribution in [3.63, 3.8) is 0 Å². The van der Waals surface area contributed by atoms with Crippen LogP contribution >= 0.6 is 11.8 Å². The Morgan fingerprint density at radius 1 is 0.983 bits per heavy atom. The maximum atomic E-state index is 17.7. The molecule has 2 aromatic heterocycles. The van der Waals surface area contributed by atoms with E-state index in [2.05, 4.69) is 57.9 Å². The summed E-state index contributed by atoms with van der Waals surface area (Å²) in [6, 6.07) is 6.39. The van der Waals surface area contributed by atoms with Crippen LogP contribution in [0.5, 0.6) is 5.75 Å². The van der Waals surface area contributed by atoms with E-state index in [0.717, 1.165) is 12.8 Å². The summed E-state index contributed by atoms with van der Waals surface area (Å²) in [5.74, 6) is 4.06. The summed E-state index contributed by atoms with van der Waals surface area (Å²) in [4.78, 5) is 32.9. The number of pyridine rings is 1. The maximum absolute atomic E-state index is 17.7. The van der Waals surface area contributed by atoms with Gasteiger partial charge in [0.25, 0.3) is 0 Å². The lowest BCUT2D eigenvalue weighted by Gasteiger charge is -2.47. The molecule has 0 N–H and O–H groups in total. The van der Waals surface area contributed by atoms with Gasteiger partial charge in [0.15, 0.2) is 17.8 Å². The zero-order chi connectivity index (χ0) is 41.8. The van der Waals surface area contributed by atoms with Gasteiger partial charge in [0.1, 0.15) is 42.3 Å². The molecule has 3 atom stereocenters. The number of aromatic nitrogens is 3. The average Bonchev–Trinajstić information content (AvgIpc) is 3.39. The minimum absolute atomic E-state index is 0.0309. The number of hydrogen-bond donors (Lipinski definition) is 0. The van der Waals surface area contributed by atoms with Crippen LogP contribution in [0.4, 0.5) is 19.4 Å². The van der Waals surface area contributed by atoms with Crippen LogP contribution in [0.1, 0.15) is 99.8 Å². The van der Waals surface area contributed by atoms with Crippen LogP contribution in [-0.4, -0.2) is 83.9 Å². The fraction of sp³-hybridized carbons (Fsp3) is 0.556. The number of aryl methyl sites for hydroxylation is 1. The molecule has 3 aliphatic rings. The maximum Gasteiger partial charge on any atom is 0.410 e. The van der Waals surface area contributed by atoms with Crippen LogP contribution in [0.25, 0.3) is 32.9 Å². The first kappa shape index (κ1) is 42.1. The Morgan fingerprint density at radius 3 is 2.36 bits per heavy atom. The molecule has 310 valence electrons. The number of benzene rings is 2. The van der Waals surface area contributed by atoms with Gasteiger partial charge in [-0.15, -0.1) is 5.54 Å². The van der Waals surface area contributed by atoms with Gasteiger partial charge >= 0.3 is 6.09 Å². The standard InChI is InChI=1S/C45H57F2N5O4SSi/c1-12-57-43-49-41-38-34(16-18-35-36-17-14-29(23-51(35)42(38)50-43)52(36)44(53)56-45(8,9)10)48-40(39(41)47)32-22-30(55-24-54-11)21-28-13-15-33(46)31(37(28)32)19-20-58(25(2)3,26(4)5)27(6)7/h13,15,21-22,25-27,29,35-36H,12,14,16-18,23-24H2,1-11H3/t29-,35-,36+/m1/s1. The Bertz CT molecular complexity index is 2280. The van der Waals surface area contributed by atoms with Crippen molar-refractivity contribution in [2.75, 3.05) is 31.1 Å². The van der Waals surface area contributed by atoms with Crippen molar-refractivity contribution in [2.45, 2.75) is 140 Å². The summed E-state index contributed by atoms with van der Waals surface area (Å²) < 4.78 is 51.2. The van der Waals surface area contributed by atoms with Gasteiger partial charge in [0.05, 0.1) is 34.8 Å². The number of halogens is 2. The molecule has 7 rings (SSSR count). The first-order valence-corrected chi connectivity index (χ1v) is 23.9. The number of piperazine rings is 1. The highest BCUT2D eigenvalue weighted by molar-refractivity contribution is 7.99. The zero-order valence-corrected chi connectivity index (χ0v) is 37.6. The number of amides is 1. The van der Waals surface area contributed by atoms with Crippen LogP contribution in [0.3, 0.4) is 0 Å². The normalized spacial score (nSPS) is 19.2. The summed E-state index contributed by atoms with van der Waals surface area (Å²) in [7, 11) is -0.752. The third kappa shape index (κ3) is 7.42. The van der Waals surface area contributed by atoms with Gasteiger partial charge in [0.2, 0.25) is 0 Å². The van der Waals surface area contributed by atoms with Crippen LogP contribution in [0, 0.1) is 23.1 Å². The highest BCUT2D eigenvalue weighted by Crippen LogP contribution is 2.46. The van der Waals surface area contributed by atoms with E-state index in [0.29, 0.717) is 85.9 Å². The summed E-state index contributed by atoms with van der Waals surface area (Å²) in [5.41, 5.74) is 5.56. The second kappa shape index (κ2) is 16.2. The second-order valence-corrected chi connectivity index (χ2v) is 24.7. The number of thioether (sulfide) groups is 1. The quantitative estimate of drug-likeness (QED) is 0.0538. The first-order valence-electron chi connectivity index (χ1n) is 20.7. The fourth-order valence-corrected chi connectivity index (χ4v) is 15.8. The minimum Gasteiger partial charge on any atom is -0.468 e. The van der Waals surface area contributed by atoms with Crippen molar-refractivity contribution in [3.05, 3.63) is 47.2 Å². The van der Waals surface area contributed by atoms with E-state index in [1.165, 1.54) is 24.9 Å². The van der Waals surface area contributed by atoms with Gasteiger partial charge in [-0.2, -0.15) is 0 Å². The Labute approximate surface area is 347 Å². The fourth-order valence-electron chi connectivity index (χ4n) is 10.0.